The van der Waals surface area contributed by atoms with Gasteiger partial charge in [-0.1, -0.05) is 146 Å². The molecule has 12 fully saturated rings. The van der Waals surface area contributed by atoms with Crippen molar-refractivity contribution in [3.05, 3.63) is 336 Å². The third-order valence-electron chi connectivity index (χ3n) is 29.3. The third kappa shape index (κ3) is 20.2. The summed E-state index contributed by atoms with van der Waals surface area (Å²) < 4.78 is 128. The average molecular weight is 2080 g/mol. The average Bonchev–Trinajstić information content (AvgIpc) is 1.56. The number of hydrogen-bond acceptors (Lipinski definition) is 24. The zero-order valence-corrected chi connectivity index (χ0v) is 86.5. The lowest BCUT2D eigenvalue weighted by Gasteiger charge is -2.25. The van der Waals surface area contributed by atoms with Crippen LogP contribution in [0.25, 0.3) is 0 Å². The summed E-state index contributed by atoms with van der Waals surface area (Å²) in [6.07, 6.45) is -2.09. The van der Waals surface area contributed by atoms with E-state index in [2.05, 4.69) is 243 Å². The van der Waals surface area contributed by atoms with Crippen molar-refractivity contribution in [3.63, 3.8) is 0 Å². The number of fused-ring (bicyclic) bond motifs is 4. The van der Waals surface area contributed by atoms with E-state index in [1.807, 2.05) is 104 Å². The monoisotopic (exact) mass is 2080 g/mol. The Labute approximate surface area is 861 Å². The highest BCUT2D eigenvalue weighted by Gasteiger charge is 2.69. The molecule has 4 saturated carbocycles. The smallest absolute Gasteiger partial charge is 0.344 e. The number of hydrogen-bond donors (Lipinski definition) is 0. The number of rotatable bonds is 28. The largest absolute Gasteiger partial charge is 0.481 e. The van der Waals surface area contributed by atoms with E-state index in [-0.39, 0.29) is 148 Å². The van der Waals surface area contributed by atoms with E-state index in [0.717, 1.165) is 68.7 Å². The van der Waals surface area contributed by atoms with E-state index in [9.17, 15) is 45.6 Å². The van der Waals surface area contributed by atoms with E-state index in [1.165, 1.54) is 53.9 Å². The Bertz CT molecular complexity index is 6450. The van der Waals surface area contributed by atoms with Gasteiger partial charge in [-0.05, 0) is 235 Å². The molecule has 24 rings (SSSR count). The second kappa shape index (κ2) is 42.2. The number of carbonyl (C=O) groups excluding carboxylic acids is 6. The Morgan fingerprint density at radius 2 is 0.541 bits per heavy atom. The predicted molar refractivity (Wildman–Crippen MR) is 546 cm³/mol. The van der Waals surface area contributed by atoms with Crippen LogP contribution in [0.4, 0.5) is 0 Å². The van der Waals surface area contributed by atoms with Crippen molar-refractivity contribution >= 4 is 99.6 Å². The molecule has 0 N–H and O–H groups in total. The molecule has 24 nitrogen and oxygen atoms in total. The quantitative estimate of drug-likeness (QED) is 0.0190. The number of esters is 6. The molecule has 0 spiro atoms. The summed E-state index contributed by atoms with van der Waals surface area (Å²) >= 11 is 0. The third-order valence-corrected chi connectivity index (χ3v) is 41.6. The number of ether oxygens (including phenoxy) is 12. The number of carbonyl (C=O) groups is 6. The molecule has 0 amide bonds. The van der Waals surface area contributed by atoms with E-state index in [4.69, 9.17) is 65.2 Å². The van der Waals surface area contributed by atoms with Crippen molar-refractivity contribution in [2.45, 2.75) is 236 Å². The zero-order chi connectivity index (χ0) is 101. The Morgan fingerprint density at radius 1 is 0.274 bits per heavy atom. The molecule has 8 bridgehead atoms. The van der Waals surface area contributed by atoms with Gasteiger partial charge in [-0.2, -0.15) is 16.8 Å². The fourth-order valence-electron chi connectivity index (χ4n) is 23.2. The van der Waals surface area contributed by atoms with Crippen molar-refractivity contribution in [1.82, 2.24) is 0 Å². The molecule has 0 radical (unpaired) electrons. The topological polar surface area (TPSA) is 300 Å². The Kier molecular flexibility index (Phi) is 28.8. The molecule has 8 aliphatic heterocycles. The highest BCUT2D eigenvalue weighted by Crippen LogP contribution is 2.58. The second-order valence-corrected chi connectivity index (χ2v) is 50.7. The van der Waals surface area contributed by atoms with E-state index >= 15 is 0 Å². The Morgan fingerprint density at radius 3 is 0.884 bits per heavy atom. The summed E-state index contributed by atoms with van der Waals surface area (Å²) in [5.74, 6) is 0.514. The number of aryl methyl sites for hydroxylation is 8. The van der Waals surface area contributed by atoms with E-state index in [1.54, 1.807) is 0 Å². The molecule has 30 heteroatoms. The van der Waals surface area contributed by atoms with Gasteiger partial charge in [0.2, 0.25) is 0 Å². The molecule has 20 atom stereocenters. The summed E-state index contributed by atoms with van der Waals surface area (Å²) in [6.45, 7) is 15.0. The predicted octanol–water partition coefficient (Wildman–Crippen LogP) is 18.5. The maximum absolute atomic E-state index is 12.7. The molecule has 8 heterocycles. The summed E-state index contributed by atoms with van der Waals surface area (Å²) in [6, 6.07) is 101. The van der Waals surface area contributed by atoms with Gasteiger partial charge in [0.1, 0.15) is 71.0 Å². The minimum atomic E-state index is -3.66. The molecule has 12 aromatic rings. The van der Waals surface area contributed by atoms with Gasteiger partial charge in [-0.15, -0.1) is 0 Å². The fourth-order valence-corrected chi connectivity index (χ4v) is 35.8. The molecule has 12 aromatic carbocycles. The lowest BCUT2D eigenvalue weighted by molar-refractivity contribution is -0.163. The highest BCUT2D eigenvalue weighted by molar-refractivity contribution is 7.98. The maximum atomic E-state index is 12.7. The molecule has 0 aromatic heterocycles. The Balaban J connectivity index is 0.000000114. The SMILES string of the molecule is Cc1cc([S+](c2ccccc2)c2ccccc2)cc(C)c1OCC(=O)OC1C2CC3C(=O)OC1C3C2.Cc1cc([S+](c2ccccc2)c2ccccc2)cc(C)c1OCC(=O)OC1C2CC3C(=O)OC1C3O2.Cc1cc([S+](c2ccccc2)c2ccccc2)cc(C)c1OCC(=O)OC1C2CC3C(O2)C1OS3(=O)=O.Cc1cc([S+](c2ccccc2)c2ccccc2)cc(C)c1OCC(=O)OC1C2CC3C1OS(=O)(=O)C3C2. The summed E-state index contributed by atoms with van der Waals surface area (Å²) in [5.41, 5.74) is 7.60. The van der Waals surface area contributed by atoms with Gasteiger partial charge in [-0.3, -0.25) is 18.0 Å². The normalized spacial score (nSPS) is 26.4. The van der Waals surface area contributed by atoms with Crippen LogP contribution < -0.4 is 18.9 Å². The first-order valence-electron chi connectivity index (χ1n) is 49.3. The first-order chi connectivity index (χ1) is 70.6. The molecule has 8 saturated heterocycles. The van der Waals surface area contributed by atoms with E-state index in [0.29, 0.717) is 35.8 Å². The van der Waals surface area contributed by atoms with Crippen LogP contribution in [-0.4, -0.2) is 163 Å². The minimum Gasteiger partial charge on any atom is -0.481 e. The Hall–Kier alpha value is -12.2. The minimum absolute atomic E-state index is 0.00586. The van der Waals surface area contributed by atoms with Crippen LogP contribution in [-0.2, 0) is 139 Å². The van der Waals surface area contributed by atoms with Gasteiger partial charge in [-0.25, -0.2) is 19.2 Å². The van der Waals surface area contributed by atoms with Crippen LogP contribution in [0.1, 0.15) is 83.0 Å². The van der Waals surface area contributed by atoms with Crippen LogP contribution in [0, 0.1) is 90.9 Å². The van der Waals surface area contributed by atoms with Crippen LogP contribution >= 0.6 is 0 Å². The molecule has 752 valence electrons. The fraction of sp³-hybridized carbons (Fsp3) is 0.328. The zero-order valence-electron chi connectivity index (χ0n) is 81.6. The second-order valence-electron chi connectivity index (χ2n) is 39.0. The van der Waals surface area contributed by atoms with Gasteiger partial charge in [0.25, 0.3) is 20.2 Å². The van der Waals surface area contributed by atoms with Crippen LogP contribution in [0.5, 0.6) is 23.0 Å². The van der Waals surface area contributed by atoms with Crippen LogP contribution in [0.3, 0.4) is 0 Å². The van der Waals surface area contributed by atoms with E-state index < -0.39 is 103 Å². The van der Waals surface area contributed by atoms with Gasteiger partial charge >= 0.3 is 35.8 Å². The first-order valence-corrected chi connectivity index (χ1v) is 57.1. The first kappa shape index (κ1) is 99.8. The standard InChI is InChI=1S/C30H29O5S.C29H29O6S2.C29H27O6S.C28H27O7S2/c1-18-13-23(36(21-9-5-3-6-10-21)22-11-7-4-8-12-22)14-19(2)27(18)33-17-26(31)34-28-20-15-24-25(16-20)30(32)35-29(24)28;1-18-13-23(36(21-9-5-3-6-10-21)22-11-7-4-8-12-22)14-19(2)27(18)33-17-26(30)34-28-20-15-24-25(16-20)37(31,32)35-29(24)28;1-17-13-21(36(19-9-5-3-6-10-19)20-11-7-4-8-12-20)14-18(2)25(17)32-16-24(30)34-27-23-15-22-26(33-23)28(27)35-29(22)31;1-17-13-21(36(19-9-5-3-6-10-19)20-11-7-4-8-12-20)14-18(2)25(17)32-16-24(29)34-26-22-15-23-27(33-22)28(26)35-37(23,30)31/h3-14,20,24-25,28-29H,15-17H2,1-2H3;3-14,20,24-25,28-29H,15-17H2,1-2H3;3-14,22-23,26-28H,15-16H2,1-2H3;3-14,22-23,26-28H,15-16H2,1-2H3/q4*+1. The highest BCUT2D eigenvalue weighted by atomic mass is 32.2. The van der Waals surface area contributed by atoms with Gasteiger partial charge in [0.05, 0.1) is 72.9 Å². The van der Waals surface area contributed by atoms with Crippen LogP contribution in [0.2, 0.25) is 0 Å². The number of benzene rings is 12. The molecule has 12 aliphatic rings. The summed E-state index contributed by atoms with van der Waals surface area (Å²) in [4.78, 5) is 89.2. The lowest BCUT2D eigenvalue weighted by atomic mass is 9.88. The molecular weight excluding hydrogens is 1970 g/mol. The van der Waals surface area contributed by atoms with Crippen molar-refractivity contribution in [2.24, 2.45) is 35.5 Å². The van der Waals surface area contributed by atoms with Gasteiger partial charge in [0, 0.05) is 72.2 Å². The molecule has 20 unspecified atom stereocenters. The summed E-state index contributed by atoms with van der Waals surface area (Å²) in [5, 5.41) is -1.09. The molecular formula is C116H112O24S6+4. The van der Waals surface area contributed by atoms with Crippen molar-refractivity contribution in [1.29, 1.82) is 0 Å². The molecule has 146 heavy (non-hydrogen) atoms. The lowest BCUT2D eigenvalue weighted by Crippen LogP contribution is -2.42. The van der Waals surface area contributed by atoms with Gasteiger partial charge < -0.3 is 56.8 Å². The molecule has 4 aliphatic carbocycles. The van der Waals surface area contributed by atoms with Crippen molar-refractivity contribution in [2.75, 3.05) is 26.4 Å². The van der Waals surface area contributed by atoms with Crippen molar-refractivity contribution < 1.29 is 111 Å². The van der Waals surface area contributed by atoms with Crippen LogP contribution in [0.15, 0.2) is 350 Å². The van der Waals surface area contributed by atoms with Gasteiger partial charge in [0.15, 0.2) is 103 Å². The van der Waals surface area contributed by atoms with Crippen molar-refractivity contribution in [3.8, 4) is 23.0 Å². The summed E-state index contributed by atoms with van der Waals surface area (Å²) in [7, 11) is -8.30. The maximum Gasteiger partial charge on any atom is 0.344 e.